The van der Waals surface area contributed by atoms with E-state index in [-0.39, 0.29) is 11.8 Å². The summed E-state index contributed by atoms with van der Waals surface area (Å²) in [5, 5.41) is 3.07. The van der Waals surface area contributed by atoms with Crippen molar-refractivity contribution in [2.75, 3.05) is 38.2 Å². The molecule has 0 spiro atoms. The minimum atomic E-state index is 0.0617. The number of likely N-dealkylation sites (tertiary alicyclic amines) is 2. The normalized spacial score (nSPS) is 21.5. The fourth-order valence-corrected chi connectivity index (χ4v) is 4.59. The molecule has 2 amide bonds. The molecule has 2 aliphatic rings. The van der Waals surface area contributed by atoms with Crippen molar-refractivity contribution in [1.82, 2.24) is 20.1 Å². The third kappa shape index (κ3) is 5.95. The van der Waals surface area contributed by atoms with E-state index in [1.165, 1.54) is 0 Å². The summed E-state index contributed by atoms with van der Waals surface area (Å²) in [6.45, 7) is 4.15. The summed E-state index contributed by atoms with van der Waals surface area (Å²) in [6.07, 6.45) is 10.3. The first-order valence-corrected chi connectivity index (χ1v) is 11.7. The summed E-state index contributed by atoms with van der Waals surface area (Å²) in [5.41, 5.74) is 1.03. The van der Waals surface area contributed by atoms with Crippen LogP contribution in [-0.2, 0) is 16.1 Å². The van der Waals surface area contributed by atoms with Crippen LogP contribution in [0.2, 0.25) is 0 Å². The van der Waals surface area contributed by atoms with Gasteiger partial charge < -0.3 is 10.2 Å². The lowest BCUT2D eigenvalue weighted by atomic mass is 9.93. The van der Waals surface area contributed by atoms with Gasteiger partial charge in [-0.05, 0) is 50.1 Å². The lowest BCUT2D eigenvalue weighted by molar-refractivity contribution is -0.132. The van der Waals surface area contributed by atoms with Crippen LogP contribution < -0.4 is 5.32 Å². The molecule has 0 bridgehead atoms. The molecular formula is C21H32N4O2S. The Morgan fingerprint density at radius 2 is 2.07 bits per heavy atom. The van der Waals surface area contributed by atoms with Crippen LogP contribution in [0, 0.1) is 5.92 Å². The monoisotopic (exact) mass is 404 g/mol. The Kier molecular flexibility index (Phi) is 8.15. The summed E-state index contributed by atoms with van der Waals surface area (Å²) >= 11 is 1.73. The van der Waals surface area contributed by atoms with Gasteiger partial charge in [-0.15, -0.1) is 0 Å². The average molecular weight is 405 g/mol. The van der Waals surface area contributed by atoms with Gasteiger partial charge in [-0.3, -0.25) is 19.5 Å². The number of hydrogen-bond acceptors (Lipinski definition) is 5. The Balaban J connectivity index is 1.43. The highest BCUT2D eigenvalue weighted by molar-refractivity contribution is 7.98. The van der Waals surface area contributed by atoms with E-state index in [0.29, 0.717) is 24.9 Å². The van der Waals surface area contributed by atoms with E-state index in [1.54, 1.807) is 24.2 Å². The molecule has 1 aromatic rings. The maximum Gasteiger partial charge on any atom is 0.224 e. The van der Waals surface area contributed by atoms with Crippen LogP contribution in [0.1, 0.15) is 37.7 Å². The van der Waals surface area contributed by atoms with Crippen molar-refractivity contribution in [3.8, 4) is 0 Å². The third-order valence-electron chi connectivity index (χ3n) is 5.87. The molecule has 2 saturated heterocycles. The van der Waals surface area contributed by atoms with E-state index in [2.05, 4.69) is 15.2 Å². The second-order valence-electron chi connectivity index (χ2n) is 7.77. The molecule has 28 heavy (non-hydrogen) atoms. The number of pyridine rings is 1. The summed E-state index contributed by atoms with van der Waals surface area (Å²) < 4.78 is 0. The number of amides is 2. The van der Waals surface area contributed by atoms with Gasteiger partial charge in [0.2, 0.25) is 11.8 Å². The molecule has 6 nitrogen and oxygen atoms in total. The van der Waals surface area contributed by atoms with Gasteiger partial charge in [0.05, 0.1) is 5.92 Å². The molecule has 154 valence electrons. The molecule has 7 heteroatoms. The Morgan fingerprint density at radius 1 is 1.25 bits per heavy atom. The first kappa shape index (κ1) is 21.1. The molecule has 1 N–H and O–H groups in total. The predicted octanol–water partition coefficient (Wildman–Crippen LogP) is 2.15. The summed E-state index contributed by atoms with van der Waals surface area (Å²) in [5.74, 6) is 1.41. The number of piperidine rings is 2. The van der Waals surface area contributed by atoms with E-state index in [4.69, 9.17) is 0 Å². The smallest absolute Gasteiger partial charge is 0.224 e. The molecule has 3 rings (SSSR count). The molecule has 2 fully saturated rings. The Labute approximate surface area is 172 Å². The highest BCUT2D eigenvalue weighted by Gasteiger charge is 2.32. The van der Waals surface area contributed by atoms with Crippen molar-refractivity contribution in [3.05, 3.63) is 30.1 Å². The number of nitrogens with zero attached hydrogens (tertiary/aromatic N) is 3. The van der Waals surface area contributed by atoms with Gasteiger partial charge in [-0.2, -0.15) is 11.8 Å². The molecule has 0 aromatic carbocycles. The molecule has 0 aliphatic carbocycles. The van der Waals surface area contributed by atoms with Crippen LogP contribution in [0.25, 0.3) is 0 Å². The van der Waals surface area contributed by atoms with Crippen molar-refractivity contribution >= 4 is 23.6 Å². The second-order valence-corrected chi connectivity index (χ2v) is 8.75. The van der Waals surface area contributed by atoms with Crippen molar-refractivity contribution < 1.29 is 9.59 Å². The Hall–Kier alpha value is -1.60. The van der Waals surface area contributed by atoms with Crippen molar-refractivity contribution in [2.45, 2.75) is 44.7 Å². The summed E-state index contributed by atoms with van der Waals surface area (Å²) in [7, 11) is 0. The number of aromatic nitrogens is 1. The van der Waals surface area contributed by atoms with E-state index in [1.807, 2.05) is 23.3 Å². The molecule has 0 unspecified atom stereocenters. The van der Waals surface area contributed by atoms with Gasteiger partial charge in [-0.25, -0.2) is 0 Å². The largest absolute Gasteiger partial charge is 0.352 e. The summed E-state index contributed by atoms with van der Waals surface area (Å²) in [6, 6.07) is 4.37. The number of thioether (sulfide) groups is 1. The SMILES string of the molecule is CSCCC(=O)N1CCC(N2CCC[C@@H](C(=O)NCc3cccnc3)C2)CC1. The zero-order valence-electron chi connectivity index (χ0n) is 16.8. The predicted molar refractivity (Wildman–Crippen MR) is 113 cm³/mol. The first-order chi connectivity index (χ1) is 13.7. The zero-order chi connectivity index (χ0) is 19.8. The van der Waals surface area contributed by atoms with Crippen LogP contribution in [0.5, 0.6) is 0 Å². The van der Waals surface area contributed by atoms with E-state index >= 15 is 0 Å². The van der Waals surface area contributed by atoms with Crippen LogP contribution >= 0.6 is 11.8 Å². The van der Waals surface area contributed by atoms with E-state index in [0.717, 1.165) is 63.2 Å². The minimum Gasteiger partial charge on any atom is -0.352 e. The number of nitrogens with one attached hydrogen (secondary N) is 1. The summed E-state index contributed by atoms with van der Waals surface area (Å²) in [4.78, 5) is 33.4. The van der Waals surface area contributed by atoms with Crippen molar-refractivity contribution in [1.29, 1.82) is 0 Å². The molecule has 3 heterocycles. The number of carbonyl (C=O) groups excluding carboxylic acids is 2. The molecule has 1 atom stereocenters. The zero-order valence-corrected chi connectivity index (χ0v) is 17.6. The molecule has 1 aromatic heterocycles. The minimum absolute atomic E-state index is 0.0617. The fourth-order valence-electron chi connectivity index (χ4n) is 4.22. The number of hydrogen-bond donors (Lipinski definition) is 1. The second kappa shape index (κ2) is 10.8. The average Bonchev–Trinajstić information content (AvgIpc) is 2.76. The Morgan fingerprint density at radius 3 is 2.79 bits per heavy atom. The highest BCUT2D eigenvalue weighted by Crippen LogP contribution is 2.24. The van der Waals surface area contributed by atoms with Gasteiger partial charge in [0.15, 0.2) is 0 Å². The van der Waals surface area contributed by atoms with Crippen molar-refractivity contribution in [2.24, 2.45) is 5.92 Å². The number of rotatable bonds is 7. The van der Waals surface area contributed by atoms with Gasteiger partial charge >= 0.3 is 0 Å². The van der Waals surface area contributed by atoms with Gasteiger partial charge in [0.25, 0.3) is 0 Å². The van der Waals surface area contributed by atoms with Gasteiger partial charge in [0.1, 0.15) is 0 Å². The van der Waals surface area contributed by atoms with E-state index in [9.17, 15) is 9.59 Å². The maximum absolute atomic E-state index is 12.6. The first-order valence-electron chi connectivity index (χ1n) is 10.3. The van der Waals surface area contributed by atoms with Gasteiger partial charge in [0, 0.05) is 56.8 Å². The highest BCUT2D eigenvalue weighted by atomic mass is 32.2. The maximum atomic E-state index is 12.6. The topological polar surface area (TPSA) is 65.5 Å². The van der Waals surface area contributed by atoms with Crippen LogP contribution in [0.4, 0.5) is 0 Å². The fraction of sp³-hybridized carbons (Fsp3) is 0.667. The molecular weight excluding hydrogens is 372 g/mol. The van der Waals surface area contributed by atoms with Gasteiger partial charge in [-0.1, -0.05) is 6.07 Å². The lowest BCUT2D eigenvalue weighted by Crippen LogP contribution is -2.51. The third-order valence-corrected chi connectivity index (χ3v) is 6.48. The van der Waals surface area contributed by atoms with Crippen molar-refractivity contribution in [3.63, 3.8) is 0 Å². The number of carbonyl (C=O) groups is 2. The Bertz CT molecular complexity index is 635. The standard InChI is InChI=1S/C21H32N4O2S/c1-28-13-8-20(26)24-11-6-19(7-12-24)25-10-3-5-18(16-25)21(27)23-15-17-4-2-9-22-14-17/h2,4,9,14,18-19H,3,5-8,10-13,15-16H2,1H3,(H,23,27)/t18-/m1/s1. The van der Waals surface area contributed by atoms with Crippen LogP contribution in [0.3, 0.4) is 0 Å². The molecule has 0 saturated carbocycles. The quantitative estimate of drug-likeness (QED) is 0.754. The van der Waals surface area contributed by atoms with Crippen LogP contribution in [-0.4, -0.2) is 70.8 Å². The van der Waals surface area contributed by atoms with E-state index < -0.39 is 0 Å². The van der Waals surface area contributed by atoms with Crippen LogP contribution in [0.15, 0.2) is 24.5 Å². The molecule has 0 radical (unpaired) electrons. The lowest BCUT2D eigenvalue weighted by Gasteiger charge is -2.42. The molecule has 2 aliphatic heterocycles.